The Morgan fingerprint density at radius 3 is 3.00 bits per heavy atom. The third kappa shape index (κ3) is 2.67. The SMILES string of the molecule is CCn1c(SCc2nnc(NC)s2)n[nH]c1=O. The van der Waals surface area contributed by atoms with Crippen LogP contribution in [0.5, 0.6) is 0 Å². The van der Waals surface area contributed by atoms with Crippen molar-refractivity contribution in [2.75, 3.05) is 12.4 Å². The number of aromatic amines is 1. The predicted molar refractivity (Wildman–Crippen MR) is 67.5 cm³/mol. The molecule has 0 saturated heterocycles. The van der Waals surface area contributed by atoms with E-state index in [1.165, 1.54) is 23.1 Å². The van der Waals surface area contributed by atoms with Crippen molar-refractivity contribution in [2.24, 2.45) is 0 Å². The van der Waals surface area contributed by atoms with Crippen LogP contribution in [0.15, 0.2) is 9.95 Å². The Balaban J connectivity index is 2.04. The predicted octanol–water partition coefficient (Wildman–Crippen LogP) is 0.777. The molecule has 0 unspecified atom stereocenters. The van der Waals surface area contributed by atoms with Gasteiger partial charge in [-0.1, -0.05) is 23.1 Å². The Hall–Kier alpha value is -1.35. The maximum Gasteiger partial charge on any atom is 0.343 e. The minimum atomic E-state index is -0.178. The number of anilines is 1. The van der Waals surface area contributed by atoms with Gasteiger partial charge in [0.05, 0.1) is 5.75 Å². The molecule has 0 aliphatic heterocycles. The molecule has 17 heavy (non-hydrogen) atoms. The van der Waals surface area contributed by atoms with Crippen molar-refractivity contribution in [3.05, 3.63) is 15.5 Å². The summed E-state index contributed by atoms with van der Waals surface area (Å²) in [6.45, 7) is 2.51. The Labute approximate surface area is 106 Å². The van der Waals surface area contributed by atoms with Gasteiger partial charge in [-0.2, -0.15) is 0 Å². The number of hydrogen-bond donors (Lipinski definition) is 2. The smallest absolute Gasteiger partial charge is 0.343 e. The van der Waals surface area contributed by atoms with Crippen molar-refractivity contribution in [1.82, 2.24) is 25.0 Å². The van der Waals surface area contributed by atoms with Crippen LogP contribution in [-0.2, 0) is 12.3 Å². The molecule has 0 atom stereocenters. The highest BCUT2D eigenvalue weighted by Crippen LogP contribution is 2.23. The van der Waals surface area contributed by atoms with Gasteiger partial charge in [-0.05, 0) is 6.92 Å². The zero-order valence-corrected chi connectivity index (χ0v) is 11.1. The van der Waals surface area contributed by atoms with Crippen molar-refractivity contribution in [2.45, 2.75) is 24.4 Å². The highest BCUT2D eigenvalue weighted by molar-refractivity contribution is 7.98. The van der Waals surface area contributed by atoms with Crippen molar-refractivity contribution >= 4 is 28.2 Å². The summed E-state index contributed by atoms with van der Waals surface area (Å²) < 4.78 is 1.59. The Morgan fingerprint density at radius 2 is 2.35 bits per heavy atom. The van der Waals surface area contributed by atoms with Gasteiger partial charge in [-0.25, -0.2) is 9.89 Å². The molecule has 0 fully saturated rings. The average molecular weight is 272 g/mol. The lowest BCUT2D eigenvalue weighted by Gasteiger charge is -1.99. The molecule has 2 aromatic heterocycles. The lowest BCUT2D eigenvalue weighted by atomic mass is 10.7. The van der Waals surface area contributed by atoms with Gasteiger partial charge in [0.2, 0.25) is 5.13 Å². The molecule has 0 bridgehead atoms. The molecule has 7 nitrogen and oxygen atoms in total. The van der Waals surface area contributed by atoms with E-state index in [9.17, 15) is 4.79 Å². The van der Waals surface area contributed by atoms with Crippen molar-refractivity contribution in [3.8, 4) is 0 Å². The number of aromatic nitrogens is 5. The number of thioether (sulfide) groups is 1. The third-order valence-electron chi connectivity index (χ3n) is 2.04. The van der Waals surface area contributed by atoms with Crippen molar-refractivity contribution in [1.29, 1.82) is 0 Å². The molecule has 0 aliphatic rings. The molecular weight excluding hydrogens is 260 g/mol. The molecule has 0 saturated carbocycles. The van der Waals surface area contributed by atoms with Gasteiger partial charge in [0.1, 0.15) is 5.01 Å². The second-order valence-corrected chi connectivity index (χ2v) is 5.10. The zero-order valence-electron chi connectivity index (χ0n) is 9.43. The standard InChI is InChI=1S/C8H12N6OS2/c1-3-14-7(15)12-13-8(14)16-4-5-10-11-6(9-2)17-5/h3-4H2,1-2H3,(H,9,11)(H,12,15). The second-order valence-electron chi connectivity index (χ2n) is 3.10. The van der Waals surface area contributed by atoms with Crippen LogP contribution in [0.4, 0.5) is 5.13 Å². The molecule has 0 amide bonds. The van der Waals surface area contributed by atoms with Crippen LogP contribution in [0.25, 0.3) is 0 Å². The normalized spacial score (nSPS) is 10.7. The molecule has 0 aliphatic carbocycles. The Bertz CT molecular complexity index is 544. The number of nitrogens with zero attached hydrogens (tertiary/aromatic N) is 4. The summed E-state index contributed by atoms with van der Waals surface area (Å²) in [4.78, 5) is 11.3. The zero-order chi connectivity index (χ0) is 12.3. The maximum absolute atomic E-state index is 11.3. The molecule has 2 N–H and O–H groups in total. The monoisotopic (exact) mass is 272 g/mol. The van der Waals surface area contributed by atoms with E-state index in [-0.39, 0.29) is 5.69 Å². The molecule has 92 valence electrons. The van der Waals surface area contributed by atoms with Gasteiger partial charge in [0.25, 0.3) is 0 Å². The fraction of sp³-hybridized carbons (Fsp3) is 0.500. The number of nitrogens with one attached hydrogen (secondary N) is 2. The average Bonchev–Trinajstić information content (AvgIpc) is 2.92. The Morgan fingerprint density at radius 1 is 1.53 bits per heavy atom. The molecule has 0 radical (unpaired) electrons. The summed E-state index contributed by atoms with van der Waals surface area (Å²) in [6.07, 6.45) is 0. The van der Waals surface area contributed by atoms with Crippen LogP contribution in [0.3, 0.4) is 0 Å². The number of H-pyrrole nitrogens is 1. The lowest BCUT2D eigenvalue weighted by Crippen LogP contribution is -2.16. The highest BCUT2D eigenvalue weighted by atomic mass is 32.2. The van der Waals surface area contributed by atoms with Gasteiger partial charge in [-0.15, -0.1) is 15.3 Å². The summed E-state index contributed by atoms with van der Waals surface area (Å²) in [5.41, 5.74) is -0.178. The van der Waals surface area contributed by atoms with Crippen LogP contribution >= 0.6 is 23.1 Å². The number of rotatable bonds is 5. The van der Waals surface area contributed by atoms with Gasteiger partial charge in [0, 0.05) is 13.6 Å². The van der Waals surface area contributed by atoms with E-state index in [0.717, 1.165) is 10.1 Å². The topological polar surface area (TPSA) is 88.5 Å². The number of hydrogen-bond acceptors (Lipinski definition) is 7. The minimum Gasteiger partial charge on any atom is -0.363 e. The van der Waals surface area contributed by atoms with E-state index >= 15 is 0 Å². The first-order valence-electron chi connectivity index (χ1n) is 5.02. The first-order valence-corrected chi connectivity index (χ1v) is 6.83. The fourth-order valence-electron chi connectivity index (χ4n) is 1.23. The summed E-state index contributed by atoms with van der Waals surface area (Å²) in [6, 6.07) is 0. The van der Waals surface area contributed by atoms with E-state index in [1.54, 1.807) is 11.6 Å². The summed E-state index contributed by atoms with van der Waals surface area (Å²) >= 11 is 2.96. The minimum absolute atomic E-state index is 0.178. The fourth-order valence-corrected chi connectivity index (χ4v) is 2.92. The van der Waals surface area contributed by atoms with E-state index < -0.39 is 0 Å². The van der Waals surface area contributed by atoms with E-state index in [4.69, 9.17) is 0 Å². The quantitative estimate of drug-likeness (QED) is 0.782. The summed E-state index contributed by atoms with van der Waals surface area (Å²) in [5, 5.41) is 19.7. The van der Waals surface area contributed by atoms with Gasteiger partial charge < -0.3 is 5.32 Å². The van der Waals surface area contributed by atoms with Crippen molar-refractivity contribution < 1.29 is 0 Å². The van der Waals surface area contributed by atoms with E-state index in [1.807, 2.05) is 6.92 Å². The van der Waals surface area contributed by atoms with Gasteiger partial charge in [-0.3, -0.25) is 4.57 Å². The highest BCUT2D eigenvalue weighted by Gasteiger charge is 2.09. The third-order valence-corrected chi connectivity index (χ3v) is 4.16. The molecule has 2 rings (SSSR count). The van der Waals surface area contributed by atoms with Crippen LogP contribution in [0, 0.1) is 0 Å². The van der Waals surface area contributed by atoms with Crippen LogP contribution in [-0.4, -0.2) is 32.0 Å². The second kappa shape index (κ2) is 5.32. The van der Waals surface area contributed by atoms with Crippen LogP contribution in [0.2, 0.25) is 0 Å². The molecular formula is C8H12N6OS2. The lowest BCUT2D eigenvalue weighted by molar-refractivity contribution is 0.660. The first kappa shape index (κ1) is 12.1. The van der Waals surface area contributed by atoms with Crippen LogP contribution in [0.1, 0.15) is 11.9 Å². The largest absolute Gasteiger partial charge is 0.363 e. The van der Waals surface area contributed by atoms with Gasteiger partial charge in [0.15, 0.2) is 5.16 Å². The Kier molecular flexibility index (Phi) is 3.79. The summed E-state index contributed by atoms with van der Waals surface area (Å²) in [7, 11) is 1.81. The van der Waals surface area contributed by atoms with Crippen LogP contribution < -0.4 is 11.0 Å². The molecule has 2 aromatic rings. The van der Waals surface area contributed by atoms with E-state index in [0.29, 0.717) is 17.5 Å². The first-order chi connectivity index (χ1) is 8.24. The molecule has 9 heteroatoms. The molecule has 0 aromatic carbocycles. The summed E-state index contributed by atoms with van der Waals surface area (Å²) in [5.74, 6) is 0.656. The van der Waals surface area contributed by atoms with Crippen molar-refractivity contribution in [3.63, 3.8) is 0 Å². The molecule has 2 heterocycles. The maximum atomic E-state index is 11.3. The van der Waals surface area contributed by atoms with E-state index in [2.05, 4.69) is 25.7 Å². The van der Waals surface area contributed by atoms with Gasteiger partial charge >= 0.3 is 5.69 Å². The molecule has 0 spiro atoms.